The Hall–Kier alpha value is -3.94. The van der Waals surface area contributed by atoms with Gasteiger partial charge in [0.1, 0.15) is 12.6 Å². The predicted octanol–water partition coefficient (Wildman–Crippen LogP) is 3.96. The van der Waals surface area contributed by atoms with Gasteiger partial charge < -0.3 is 10.1 Å². The van der Waals surface area contributed by atoms with Crippen LogP contribution in [0.5, 0.6) is 0 Å². The lowest BCUT2D eigenvalue weighted by molar-refractivity contribution is -0.385. The third kappa shape index (κ3) is 3.04. The van der Waals surface area contributed by atoms with Crippen LogP contribution in [0, 0.1) is 10.1 Å². The topological polar surface area (TPSA) is 99.3 Å². The fourth-order valence-corrected chi connectivity index (χ4v) is 3.62. The van der Waals surface area contributed by atoms with Crippen LogP contribution in [0.2, 0.25) is 0 Å². The molecule has 1 atom stereocenters. The highest BCUT2D eigenvalue weighted by atomic mass is 16.6. The van der Waals surface area contributed by atoms with Gasteiger partial charge in [-0.15, -0.1) is 0 Å². The number of imidazole rings is 1. The molecule has 0 aliphatic carbocycles. The molecule has 8 heteroatoms. The molecular formula is C21H18N4O4. The van der Waals surface area contributed by atoms with E-state index in [1.165, 1.54) is 12.1 Å². The van der Waals surface area contributed by atoms with Crippen molar-refractivity contribution in [2.75, 3.05) is 11.9 Å². The van der Waals surface area contributed by atoms with Gasteiger partial charge in [0, 0.05) is 11.8 Å². The summed E-state index contributed by atoms with van der Waals surface area (Å²) >= 11 is 0. The molecule has 0 saturated heterocycles. The summed E-state index contributed by atoms with van der Waals surface area (Å²) in [6, 6.07) is 13.1. The number of fused-ring (bicyclic) bond motifs is 3. The summed E-state index contributed by atoms with van der Waals surface area (Å²) < 4.78 is 7.10. The minimum atomic E-state index is -0.766. The molecule has 0 spiro atoms. The van der Waals surface area contributed by atoms with Gasteiger partial charge >= 0.3 is 5.97 Å². The molecule has 1 aromatic heterocycles. The number of rotatable bonds is 5. The number of nitrogens with zero attached hydrogens (tertiary/aromatic N) is 3. The van der Waals surface area contributed by atoms with E-state index < -0.39 is 16.9 Å². The monoisotopic (exact) mass is 390 g/mol. The largest absolute Gasteiger partial charge is 0.458 e. The molecule has 29 heavy (non-hydrogen) atoms. The Morgan fingerprint density at radius 1 is 1.31 bits per heavy atom. The second-order valence-electron chi connectivity index (χ2n) is 6.56. The van der Waals surface area contributed by atoms with Crippen LogP contribution in [-0.2, 0) is 9.53 Å². The second kappa shape index (κ2) is 7.23. The van der Waals surface area contributed by atoms with E-state index in [1.807, 2.05) is 24.3 Å². The van der Waals surface area contributed by atoms with Crippen LogP contribution < -0.4 is 5.32 Å². The first kappa shape index (κ1) is 18.4. The number of carbonyl (C=O) groups is 1. The average molecular weight is 390 g/mol. The molecule has 1 aliphatic heterocycles. The number of anilines is 1. The maximum atomic E-state index is 12.9. The Morgan fingerprint density at radius 3 is 2.79 bits per heavy atom. The summed E-state index contributed by atoms with van der Waals surface area (Å²) in [4.78, 5) is 28.8. The zero-order valence-corrected chi connectivity index (χ0v) is 15.7. The first-order chi connectivity index (χ1) is 14.0. The molecule has 1 unspecified atom stereocenters. The molecule has 1 aliphatic rings. The number of allylic oxidation sites excluding steroid dienone is 1. The lowest BCUT2D eigenvalue weighted by Crippen LogP contribution is -2.29. The second-order valence-corrected chi connectivity index (χ2v) is 6.56. The number of nitro benzene ring substituents is 1. The Bertz CT molecular complexity index is 1180. The molecule has 8 nitrogen and oxygen atoms in total. The molecule has 0 bridgehead atoms. The minimum absolute atomic E-state index is 0.0384. The maximum Gasteiger partial charge on any atom is 0.338 e. The number of aromatic nitrogens is 2. The number of carbonyl (C=O) groups excluding carboxylic acids is 1. The standard InChI is InChI=1S/C21H18N4O4/c1-3-12-29-20(26)18-13(2)22-21-23-15-9-5-7-11-17(15)24(21)19(18)14-8-4-6-10-16(14)25(27)28/h3-11,19H,1,12H2,2H3,(H,22,23). The van der Waals surface area contributed by atoms with Gasteiger partial charge in [0.05, 0.1) is 27.1 Å². The number of hydrogen-bond donors (Lipinski definition) is 1. The van der Waals surface area contributed by atoms with Gasteiger partial charge in [-0.1, -0.05) is 36.9 Å². The quantitative estimate of drug-likeness (QED) is 0.306. The highest BCUT2D eigenvalue weighted by Gasteiger charge is 2.38. The number of hydrogen-bond acceptors (Lipinski definition) is 6. The third-order valence-corrected chi connectivity index (χ3v) is 4.81. The van der Waals surface area contributed by atoms with Gasteiger partial charge in [-0.05, 0) is 25.1 Å². The normalized spacial score (nSPS) is 15.6. The van der Waals surface area contributed by atoms with Gasteiger partial charge in [-0.2, -0.15) is 0 Å². The molecular weight excluding hydrogens is 372 g/mol. The first-order valence-electron chi connectivity index (χ1n) is 8.99. The molecule has 2 heterocycles. The summed E-state index contributed by atoms with van der Waals surface area (Å²) in [6.45, 7) is 5.34. The Balaban J connectivity index is 2.00. The van der Waals surface area contributed by atoms with Crippen molar-refractivity contribution in [1.29, 1.82) is 0 Å². The Kier molecular flexibility index (Phi) is 4.59. The smallest absolute Gasteiger partial charge is 0.338 e. The molecule has 0 radical (unpaired) electrons. The fraction of sp³-hybridized carbons (Fsp3) is 0.143. The van der Waals surface area contributed by atoms with E-state index in [2.05, 4.69) is 16.9 Å². The summed E-state index contributed by atoms with van der Waals surface area (Å²) in [5.41, 5.74) is 2.59. The van der Waals surface area contributed by atoms with E-state index in [1.54, 1.807) is 29.7 Å². The summed E-state index contributed by atoms with van der Waals surface area (Å²) in [7, 11) is 0. The summed E-state index contributed by atoms with van der Waals surface area (Å²) in [5.74, 6) is -0.0615. The van der Waals surface area contributed by atoms with Crippen molar-refractivity contribution in [2.45, 2.75) is 13.0 Å². The minimum Gasteiger partial charge on any atom is -0.458 e. The van der Waals surface area contributed by atoms with Gasteiger partial charge in [-0.25, -0.2) is 9.78 Å². The van der Waals surface area contributed by atoms with E-state index in [0.717, 1.165) is 5.52 Å². The van der Waals surface area contributed by atoms with Gasteiger partial charge in [0.15, 0.2) is 0 Å². The Labute approximate surface area is 166 Å². The van der Waals surface area contributed by atoms with Crippen molar-refractivity contribution >= 4 is 28.6 Å². The zero-order valence-electron chi connectivity index (χ0n) is 15.7. The van der Waals surface area contributed by atoms with Gasteiger partial charge in [0.2, 0.25) is 5.95 Å². The number of ether oxygens (including phenoxy) is 1. The summed E-state index contributed by atoms with van der Waals surface area (Å²) in [5, 5.41) is 14.9. The van der Waals surface area contributed by atoms with Crippen molar-refractivity contribution in [1.82, 2.24) is 9.55 Å². The molecule has 3 aromatic rings. The first-order valence-corrected chi connectivity index (χ1v) is 8.99. The number of nitro groups is 1. The van der Waals surface area contributed by atoms with E-state index in [9.17, 15) is 14.9 Å². The number of nitrogens with one attached hydrogen (secondary N) is 1. The Morgan fingerprint density at radius 2 is 2.03 bits per heavy atom. The van der Waals surface area contributed by atoms with Crippen molar-refractivity contribution in [2.24, 2.45) is 0 Å². The van der Waals surface area contributed by atoms with E-state index in [-0.39, 0.29) is 17.9 Å². The maximum absolute atomic E-state index is 12.9. The van der Waals surface area contributed by atoms with E-state index in [0.29, 0.717) is 22.7 Å². The molecule has 0 amide bonds. The van der Waals surface area contributed by atoms with Crippen molar-refractivity contribution in [3.8, 4) is 0 Å². The number of esters is 1. The van der Waals surface area contributed by atoms with Crippen molar-refractivity contribution in [3.63, 3.8) is 0 Å². The zero-order chi connectivity index (χ0) is 20.5. The van der Waals surface area contributed by atoms with Crippen LogP contribution in [0.25, 0.3) is 11.0 Å². The van der Waals surface area contributed by atoms with Crippen LogP contribution in [0.4, 0.5) is 11.6 Å². The van der Waals surface area contributed by atoms with Gasteiger partial charge in [-0.3, -0.25) is 14.7 Å². The average Bonchev–Trinajstić information content (AvgIpc) is 3.08. The highest BCUT2D eigenvalue weighted by Crippen LogP contribution is 2.42. The molecule has 2 aromatic carbocycles. The molecule has 0 fully saturated rings. The van der Waals surface area contributed by atoms with Gasteiger partial charge in [0.25, 0.3) is 5.69 Å². The lowest BCUT2D eigenvalue weighted by atomic mass is 9.93. The predicted molar refractivity (Wildman–Crippen MR) is 108 cm³/mol. The van der Waals surface area contributed by atoms with E-state index >= 15 is 0 Å². The van der Waals surface area contributed by atoms with E-state index in [4.69, 9.17) is 4.74 Å². The fourth-order valence-electron chi connectivity index (χ4n) is 3.62. The number of benzene rings is 2. The van der Waals surface area contributed by atoms with Crippen LogP contribution in [0.3, 0.4) is 0 Å². The molecule has 4 rings (SSSR count). The summed E-state index contributed by atoms with van der Waals surface area (Å²) in [6.07, 6.45) is 1.47. The third-order valence-electron chi connectivity index (χ3n) is 4.81. The van der Waals surface area contributed by atoms with Crippen LogP contribution >= 0.6 is 0 Å². The highest BCUT2D eigenvalue weighted by molar-refractivity contribution is 5.94. The molecule has 146 valence electrons. The van der Waals surface area contributed by atoms with Crippen molar-refractivity contribution < 1.29 is 14.5 Å². The number of para-hydroxylation sites is 3. The molecule has 0 saturated carbocycles. The molecule has 1 N–H and O–H groups in total. The van der Waals surface area contributed by atoms with Crippen molar-refractivity contribution in [3.05, 3.63) is 88.1 Å². The SMILES string of the molecule is C=CCOC(=O)C1=C(C)Nc2nc3ccccc3n2C1c1ccccc1[N+](=O)[O-]. The van der Waals surface area contributed by atoms with Crippen LogP contribution in [-0.4, -0.2) is 27.1 Å². The van der Waals surface area contributed by atoms with Crippen LogP contribution in [0.15, 0.2) is 72.5 Å². The van der Waals surface area contributed by atoms with Crippen LogP contribution in [0.1, 0.15) is 18.5 Å². The lowest BCUT2D eigenvalue weighted by Gasteiger charge is -2.29.